The first kappa shape index (κ1) is 25.2. The van der Waals surface area contributed by atoms with E-state index in [1.54, 1.807) is 53.0 Å². The van der Waals surface area contributed by atoms with E-state index < -0.39 is 22.0 Å². The van der Waals surface area contributed by atoms with Crippen molar-refractivity contribution >= 4 is 50.2 Å². The smallest absolute Gasteiger partial charge is 0.154 e. The summed E-state index contributed by atoms with van der Waals surface area (Å²) >= 11 is 6.53. The second-order valence-electron chi connectivity index (χ2n) is 7.19. The van der Waals surface area contributed by atoms with Crippen LogP contribution in [-0.2, 0) is 22.0 Å². The highest BCUT2D eigenvalue weighted by molar-refractivity contribution is 7.87. The quantitative estimate of drug-likeness (QED) is 0.453. The van der Waals surface area contributed by atoms with Gasteiger partial charge in [0, 0.05) is 28.2 Å². The summed E-state index contributed by atoms with van der Waals surface area (Å²) in [5.74, 6) is 0. The Balaban J connectivity index is 2.73. The number of pyridine rings is 1. The van der Waals surface area contributed by atoms with Gasteiger partial charge in [-0.2, -0.15) is 0 Å². The van der Waals surface area contributed by atoms with Gasteiger partial charge < -0.3 is 0 Å². The van der Waals surface area contributed by atoms with Crippen molar-refractivity contribution in [3.63, 3.8) is 0 Å². The van der Waals surface area contributed by atoms with Crippen molar-refractivity contribution in [2.45, 2.75) is 27.7 Å². The zero-order valence-corrected chi connectivity index (χ0v) is 21.1. The molecule has 0 aromatic carbocycles. The molecule has 2 unspecified atom stereocenters. The molecular weight excluding hydrogens is 450 g/mol. The predicted molar refractivity (Wildman–Crippen MR) is 135 cm³/mol. The van der Waals surface area contributed by atoms with Gasteiger partial charge in [0.2, 0.25) is 0 Å². The van der Waals surface area contributed by atoms with E-state index in [2.05, 4.69) is 11.6 Å². The molecule has 0 spiro atoms. The molecule has 0 aliphatic heterocycles. The highest BCUT2D eigenvalue weighted by Crippen LogP contribution is 2.34. The highest BCUT2D eigenvalue weighted by atomic mass is 35.5. The molecule has 2 aromatic heterocycles. The SMILES string of the molecule is C=C/C(=C\C(=C/C)c1cn(S(=O)/C(C)=C/C=C(C)C)c2nccc(Cl)c12)S(=O)N(C)C. The average Bonchev–Trinajstić information content (AvgIpc) is 3.12. The van der Waals surface area contributed by atoms with Gasteiger partial charge in [-0.25, -0.2) is 21.7 Å². The van der Waals surface area contributed by atoms with Crippen LogP contribution >= 0.6 is 11.6 Å². The molecule has 0 amide bonds. The van der Waals surface area contributed by atoms with E-state index in [9.17, 15) is 8.42 Å². The summed E-state index contributed by atoms with van der Waals surface area (Å²) in [5, 5.41) is 1.19. The number of halogens is 1. The fourth-order valence-corrected chi connectivity index (χ4v) is 4.82. The number of nitrogens with zero attached hydrogens (tertiary/aromatic N) is 3. The molecule has 0 fully saturated rings. The standard InChI is InChI=1S/C23H28ClN3O2S2/c1-8-18(14-19(9-2)31(29)26(6)7)20-15-27(23-22(20)21(24)12-13-25-23)30(28)17(5)11-10-16(3)4/h8-15H,2H2,1,3-7H3/b17-11+,18-8+,19-14+. The Kier molecular flexibility index (Phi) is 8.94. The zero-order chi connectivity index (χ0) is 23.3. The van der Waals surface area contributed by atoms with Crippen LogP contribution in [0.2, 0.25) is 5.02 Å². The van der Waals surface area contributed by atoms with Crippen LogP contribution in [0.1, 0.15) is 33.3 Å². The van der Waals surface area contributed by atoms with E-state index in [-0.39, 0.29) is 0 Å². The van der Waals surface area contributed by atoms with Gasteiger partial charge in [0.1, 0.15) is 11.0 Å². The van der Waals surface area contributed by atoms with Gasteiger partial charge >= 0.3 is 0 Å². The maximum atomic E-state index is 13.3. The van der Waals surface area contributed by atoms with E-state index in [0.717, 1.165) is 16.7 Å². The molecule has 8 heteroatoms. The molecular formula is C23H28ClN3O2S2. The van der Waals surface area contributed by atoms with Crippen molar-refractivity contribution in [2.75, 3.05) is 14.1 Å². The third-order valence-corrected chi connectivity index (χ3v) is 7.35. The van der Waals surface area contributed by atoms with E-state index in [1.807, 2.05) is 45.9 Å². The first-order valence-electron chi connectivity index (χ1n) is 9.62. The number of fused-ring (bicyclic) bond motifs is 1. The number of aromatic nitrogens is 2. The van der Waals surface area contributed by atoms with E-state index >= 15 is 0 Å². The van der Waals surface area contributed by atoms with Crippen LogP contribution in [0.3, 0.4) is 0 Å². The van der Waals surface area contributed by atoms with Crippen LogP contribution in [0.25, 0.3) is 16.6 Å². The zero-order valence-electron chi connectivity index (χ0n) is 18.7. The minimum Gasteiger partial charge on any atom is -0.245 e. The Bertz CT molecular complexity index is 1170. The molecule has 0 bridgehead atoms. The maximum Gasteiger partial charge on any atom is 0.154 e. The summed E-state index contributed by atoms with van der Waals surface area (Å²) in [6.45, 7) is 11.5. The molecule has 166 valence electrons. The van der Waals surface area contributed by atoms with Crippen molar-refractivity contribution in [1.82, 2.24) is 13.3 Å². The maximum absolute atomic E-state index is 13.3. The largest absolute Gasteiger partial charge is 0.245 e. The Hall–Kier alpha value is -2.06. The molecule has 2 atom stereocenters. The highest BCUT2D eigenvalue weighted by Gasteiger charge is 2.19. The third-order valence-electron chi connectivity index (χ3n) is 4.36. The summed E-state index contributed by atoms with van der Waals surface area (Å²) < 4.78 is 29.1. The molecule has 0 N–H and O–H groups in total. The van der Waals surface area contributed by atoms with Gasteiger partial charge in [-0.3, -0.25) is 0 Å². The van der Waals surface area contributed by atoms with Gasteiger partial charge in [-0.15, -0.1) is 0 Å². The Labute approximate surface area is 194 Å². The van der Waals surface area contributed by atoms with Gasteiger partial charge in [0.15, 0.2) is 16.6 Å². The second kappa shape index (κ2) is 11.0. The molecule has 2 aromatic rings. The van der Waals surface area contributed by atoms with Gasteiger partial charge in [0.25, 0.3) is 0 Å². The fraction of sp³-hybridized carbons (Fsp3) is 0.261. The van der Waals surface area contributed by atoms with Crippen molar-refractivity contribution < 1.29 is 8.42 Å². The lowest BCUT2D eigenvalue weighted by molar-refractivity contribution is 0.609. The lowest BCUT2D eigenvalue weighted by Gasteiger charge is -2.11. The van der Waals surface area contributed by atoms with E-state index in [0.29, 0.717) is 25.9 Å². The van der Waals surface area contributed by atoms with Gasteiger partial charge in [-0.05, 0) is 65.6 Å². The summed E-state index contributed by atoms with van der Waals surface area (Å²) in [7, 11) is 0.636. The topological polar surface area (TPSA) is 55.2 Å². The summed E-state index contributed by atoms with van der Waals surface area (Å²) in [5.41, 5.74) is 3.18. The molecule has 5 nitrogen and oxygen atoms in total. The van der Waals surface area contributed by atoms with Crippen LogP contribution in [0.5, 0.6) is 0 Å². The predicted octanol–water partition coefficient (Wildman–Crippen LogP) is 5.77. The van der Waals surface area contributed by atoms with Crippen molar-refractivity contribution in [3.8, 4) is 0 Å². The molecule has 0 radical (unpaired) electrons. The second-order valence-corrected chi connectivity index (χ2v) is 10.8. The lowest BCUT2D eigenvalue weighted by atomic mass is 10.1. The molecule has 0 saturated heterocycles. The van der Waals surface area contributed by atoms with Crippen molar-refractivity contribution in [1.29, 1.82) is 0 Å². The molecule has 0 aliphatic carbocycles. The molecule has 2 heterocycles. The normalized spacial score (nSPS) is 15.3. The third kappa shape index (κ3) is 5.80. The van der Waals surface area contributed by atoms with Crippen LogP contribution in [0, 0.1) is 0 Å². The average molecular weight is 478 g/mol. The minimum atomic E-state index is -1.48. The van der Waals surface area contributed by atoms with Crippen LogP contribution in [0.15, 0.2) is 70.8 Å². The number of hydrogen-bond donors (Lipinski definition) is 0. The first-order chi connectivity index (χ1) is 14.6. The number of hydrogen-bond acceptors (Lipinski definition) is 3. The Morgan fingerprint density at radius 3 is 2.45 bits per heavy atom. The van der Waals surface area contributed by atoms with Gasteiger partial charge in [0.05, 0.1) is 9.93 Å². The summed E-state index contributed by atoms with van der Waals surface area (Å²) in [4.78, 5) is 5.69. The first-order valence-corrected chi connectivity index (χ1v) is 12.2. The Morgan fingerprint density at radius 1 is 1.23 bits per heavy atom. The van der Waals surface area contributed by atoms with Crippen LogP contribution < -0.4 is 0 Å². The number of allylic oxidation sites excluding steroid dienone is 8. The van der Waals surface area contributed by atoms with Gasteiger partial charge in [-0.1, -0.05) is 42.0 Å². The summed E-state index contributed by atoms with van der Waals surface area (Å²) in [6.07, 6.45) is 12.4. The van der Waals surface area contributed by atoms with E-state index in [4.69, 9.17) is 11.6 Å². The number of rotatable bonds is 8. The molecule has 31 heavy (non-hydrogen) atoms. The van der Waals surface area contributed by atoms with Crippen LogP contribution in [0.4, 0.5) is 0 Å². The minimum absolute atomic E-state index is 0.503. The van der Waals surface area contributed by atoms with E-state index in [1.165, 1.54) is 0 Å². The molecule has 0 aliphatic rings. The van der Waals surface area contributed by atoms with Crippen molar-refractivity contribution in [3.05, 3.63) is 81.4 Å². The lowest BCUT2D eigenvalue weighted by Crippen LogP contribution is -2.16. The Morgan fingerprint density at radius 2 is 1.90 bits per heavy atom. The molecule has 2 rings (SSSR count). The summed E-state index contributed by atoms with van der Waals surface area (Å²) in [6, 6.07) is 1.70. The van der Waals surface area contributed by atoms with Crippen LogP contribution in [-0.4, -0.2) is 35.8 Å². The monoisotopic (exact) mass is 477 g/mol. The fourth-order valence-electron chi connectivity index (χ4n) is 2.79. The molecule has 0 saturated carbocycles. The van der Waals surface area contributed by atoms with Crippen molar-refractivity contribution in [2.24, 2.45) is 0 Å².